The first kappa shape index (κ1) is 22.3. The van der Waals surface area contributed by atoms with Crippen LogP contribution in [0.4, 0.5) is 5.82 Å². The number of anilines is 1. The summed E-state index contributed by atoms with van der Waals surface area (Å²) in [5, 5.41) is 3.08. The number of carbonyl (C=O) groups is 1. The Morgan fingerprint density at radius 2 is 1.79 bits per heavy atom. The monoisotopic (exact) mass is 465 g/mol. The molecule has 170 valence electrons. The number of benzene rings is 2. The largest absolute Gasteiger partial charge is 0.465 e. The predicted octanol–water partition coefficient (Wildman–Crippen LogP) is 4.05. The molecule has 2 heterocycles. The van der Waals surface area contributed by atoms with Gasteiger partial charge in [-0.2, -0.15) is 8.42 Å². The average molecular weight is 466 g/mol. The Kier molecular flexibility index (Phi) is 6.32. The fraction of sp³-hybridized carbons (Fsp3) is 0.167. The molecule has 0 radical (unpaired) electrons. The Labute approximate surface area is 191 Å². The van der Waals surface area contributed by atoms with E-state index in [1.165, 1.54) is 12.1 Å². The predicted molar refractivity (Wildman–Crippen MR) is 125 cm³/mol. The number of fused-ring (bicyclic) bond motifs is 1. The molecule has 1 N–H and O–H groups in total. The van der Waals surface area contributed by atoms with Gasteiger partial charge in [0.15, 0.2) is 5.75 Å². The molecule has 2 aromatic heterocycles. The molecule has 0 saturated carbocycles. The molecule has 4 aromatic rings. The second kappa shape index (κ2) is 9.33. The lowest BCUT2D eigenvalue weighted by atomic mass is 10.1. The van der Waals surface area contributed by atoms with Crippen molar-refractivity contribution in [2.24, 2.45) is 0 Å². The molecular weight excluding hydrogens is 442 g/mol. The fourth-order valence-electron chi connectivity index (χ4n) is 3.36. The van der Waals surface area contributed by atoms with E-state index in [0.717, 1.165) is 5.56 Å². The van der Waals surface area contributed by atoms with Crippen molar-refractivity contribution >= 4 is 27.6 Å². The van der Waals surface area contributed by atoms with Crippen LogP contribution in [0.25, 0.3) is 16.9 Å². The number of rotatable bonds is 8. The zero-order valence-corrected chi connectivity index (χ0v) is 19.0. The molecular formula is C24H23N3O5S. The normalized spacial score (nSPS) is 11.3. The van der Waals surface area contributed by atoms with Gasteiger partial charge in [0.25, 0.3) is 0 Å². The molecule has 0 aliphatic carbocycles. The van der Waals surface area contributed by atoms with Gasteiger partial charge in [0.05, 0.1) is 6.61 Å². The zero-order chi connectivity index (χ0) is 23.4. The Balaban J connectivity index is 1.79. The summed E-state index contributed by atoms with van der Waals surface area (Å²) in [5.41, 5.74) is 2.55. The Morgan fingerprint density at radius 3 is 2.55 bits per heavy atom. The maximum atomic E-state index is 12.8. The van der Waals surface area contributed by atoms with E-state index in [4.69, 9.17) is 13.9 Å². The first-order valence-electron chi connectivity index (χ1n) is 10.4. The fourth-order valence-corrected chi connectivity index (χ4v) is 4.33. The molecule has 4 rings (SSSR count). The van der Waals surface area contributed by atoms with Gasteiger partial charge in [-0.1, -0.05) is 30.3 Å². The van der Waals surface area contributed by atoms with Gasteiger partial charge in [-0.05, 0) is 55.8 Å². The molecule has 8 nitrogen and oxygen atoms in total. The van der Waals surface area contributed by atoms with E-state index in [2.05, 4.69) is 5.32 Å². The number of aromatic nitrogens is 2. The van der Waals surface area contributed by atoms with Crippen LogP contribution in [0, 0.1) is 6.92 Å². The highest BCUT2D eigenvalue weighted by Crippen LogP contribution is 2.36. The van der Waals surface area contributed by atoms with Crippen LogP contribution >= 0.6 is 0 Å². The van der Waals surface area contributed by atoms with Gasteiger partial charge in [-0.3, -0.25) is 9.20 Å². The summed E-state index contributed by atoms with van der Waals surface area (Å²) < 4.78 is 38.0. The molecule has 0 saturated heterocycles. The number of nitrogens with zero attached hydrogens (tertiary/aromatic N) is 2. The highest BCUT2D eigenvalue weighted by Gasteiger charge is 2.22. The first-order valence-corrected chi connectivity index (χ1v) is 11.8. The van der Waals surface area contributed by atoms with Crippen LogP contribution in [0.1, 0.15) is 12.5 Å². The number of carbonyl (C=O) groups excluding carboxylic acids is 1. The van der Waals surface area contributed by atoms with Gasteiger partial charge >= 0.3 is 16.1 Å². The third-order valence-electron chi connectivity index (χ3n) is 4.86. The first-order chi connectivity index (χ1) is 15.9. The number of hydrogen-bond donors (Lipinski definition) is 1. The van der Waals surface area contributed by atoms with Gasteiger partial charge in [0, 0.05) is 11.8 Å². The standard InChI is InChI=1S/C24H23N3O5S/c1-3-31-22(28)16-25-24-23(26-21-15-17(2)13-14-27(21)24)19-11-7-8-12-20(19)32-33(29,30)18-9-5-4-6-10-18/h4-15,25H,3,16H2,1-2H3. The quantitative estimate of drug-likeness (QED) is 0.310. The lowest BCUT2D eigenvalue weighted by molar-refractivity contribution is -0.140. The minimum Gasteiger partial charge on any atom is -0.465 e. The van der Waals surface area contributed by atoms with Crippen LogP contribution in [-0.2, 0) is 19.6 Å². The molecule has 0 fully saturated rings. The molecule has 0 spiro atoms. The van der Waals surface area contributed by atoms with Crippen molar-refractivity contribution in [2.75, 3.05) is 18.5 Å². The lowest BCUT2D eigenvalue weighted by Gasteiger charge is -2.12. The van der Waals surface area contributed by atoms with E-state index < -0.39 is 16.1 Å². The lowest BCUT2D eigenvalue weighted by Crippen LogP contribution is -2.18. The molecule has 9 heteroatoms. The van der Waals surface area contributed by atoms with Crippen molar-refractivity contribution in [2.45, 2.75) is 18.7 Å². The number of aryl methyl sites for hydroxylation is 1. The molecule has 0 aliphatic rings. The third kappa shape index (κ3) is 4.83. The van der Waals surface area contributed by atoms with Crippen molar-refractivity contribution in [1.29, 1.82) is 0 Å². The van der Waals surface area contributed by atoms with Gasteiger partial charge in [-0.15, -0.1) is 0 Å². The molecule has 0 bridgehead atoms. The highest BCUT2D eigenvalue weighted by atomic mass is 32.2. The number of ether oxygens (including phenoxy) is 1. The van der Waals surface area contributed by atoms with E-state index >= 15 is 0 Å². The summed E-state index contributed by atoms with van der Waals surface area (Å²) >= 11 is 0. The number of imidazole rings is 1. The van der Waals surface area contributed by atoms with Crippen LogP contribution in [0.3, 0.4) is 0 Å². The summed E-state index contributed by atoms with van der Waals surface area (Å²) in [7, 11) is -4.06. The highest BCUT2D eigenvalue weighted by molar-refractivity contribution is 7.87. The molecule has 0 atom stereocenters. The molecule has 0 unspecified atom stereocenters. The number of pyridine rings is 1. The van der Waals surface area contributed by atoms with Crippen LogP contribution in [-0.4, -0.2) is 36.9 Å². The number of para-hydroxylation sites is 1. The Hall–Kier alpha value is -3.85. The molecule has 0 aliphatic heterocycles. The Bertz CT molecular complexity index is 1400. The van der Waals surface area contributed by atoms with Crippen LogP contribution < -0.4 is 9.50 Å². The second-order valence-electron chi connectivity index (χ2n) is 7.25. The van der Waals surface area contributed by atoms with Crippen molar-refractivity contribution in [3.05, 3.63) is 78.5 Å². The maximum absolute atomic E-state index is 12.8. The maximum Gasteiger partial charge on any atom is 0.339 e. The second-order valence-corrected chi connectivity index (χ2v) is 8.79. The van der Waals surface area contributed by atoms with E-state index in [-0.39, 0.29) is 23.8 Å². The van der Waals surface area contributed by atoms with E-state index in [1.807, 2.05) is 25.3 Å². The summed E-state index contributed by atoms with van der Waals surface area (Å²) in [6.45, 7) is 3.88. The van der Waals surface area contributed by atoms with E-state index in [9.17, 15) is 13.2 Å². The smallest absolute Gasteiger partial charge is 0.339 e. The summed E-state index contributed by atoms with van der Waals surface area (Å²) in [5.74, 6) is 0.230. The number of hydrogen-bond acceptors (Lipinski definition) is 7. The molecule has 33 heavy (non-hydrogen) atoms. The van der Waals surface area contributed by atoms with Gasteiger partial charge < -0.3 is 14.2 Å². The van der Waals surface area contributed by atoms with Crippen molar-refractivity contribution < 1.29 is 22.1 Å². The van der Waals surface area contributed by atoms with Gasteiger partial charge in [0.1, 0.15) is 28.6 Å². The minimum atomic E-state index is -4.06. The third-order valence-corrected chi connectivity index (χ3v) is 6.11. The van der Waals surface area contributed by atoms with Gasteiger partial charge in [-0.25, -0.2) is 4.98 Å². The van der Waals surface area contributed by atoms with Crippen molar-refractivity contribution in [1.82, 2.24) is 9.38 Å². The summed E-state index contributed by atoms with van der Waals surface area (Å²) in [6.07, 6.45) is 1.83. The van der Waals surface area contributed by atoms with Crippen LogP contribution in [0.15, 0.2) is 77.8 Å². The Morgan fingerprint density at radius 1 is 1.06 bits per heavy atom. The number of esters is 1. The van der Waals surface area contributed by atoms with E-state index in [0.29, 0.717) is 22.7 Å². The average Bonchev–Trinajstić information content (AvgIpc) is 3.16. The van der Waals surface area contributed by atoms with E-state index in [1.54, 1.807) is 53.8 Å². The summed E-state index contributed by atoms with van der Waals surface area (Å²) in [4.78, 5) is 16.7. The van der Waals surface area contributed by atoms with Gasteiger partial charge in [0.2, 0.25) is 0 Å². The van der Waals surface area contributed by atoms with Crippen LogP contribution in [0.2, 0.25) is 0 Å². The number of nitrogens with one attached hydrogen (secondary N) is 1. The molecule has 2 aromatic carbocycles. The minimum absolute atomic E-state index is 0.0473. The van der Waals surface area contributed by atoms with Crippen LogP contribution in [0.5, 0.6) is 5.75 Å². The zero-order valence-electron chi connectivity index (χ0n) is 18.2. The van der Waals surface area contributed by atoms with Crippen molar-refractivity contribution in [3.8, 4) is 17.0 Å². The van der Waals surface area contributed by atoms with Crippen molar-refractivity contribution in [3.63, 3.8) is 0 Å². The topological polar surface area (TPSA) is 99.0 Å². The SMILES string of the molecule is CCOC(=O)CNc1c(-c2ccccc2OS(=O)(=O)c2ccccc2)nc2cc(C)ccn12. The summed E-state index contributed by atoms with van der Waals surface area (Å²) in [6, 6.07) is 18.5. The molecule has 0 amide bonds.